The second kappa shape index (κ2) is 6.59. The molecule has 21 heavy (non-hydrogen) atoms. The lowest BCUT2D eigenvalue weighted by molar-refractivity contribution is 0.409. The molecule has 2 rings (SSSR count). The number of nitrogens with two attached hydrogens (primary N) is 1. The van der Waals surface area contributed by atoms with Crippen LogP contribution >= 0.6 is 0 Å². The molecule has 0 aliphatic carbocycles. The average molecular weight is 288 g/mol. The maximum atomic E-state index is 13.4. The topological polar surface area (TPSA) is 38.5 Å². The maximum absolute atomic E-state index is 13.4. The number of methoxy groups -OCH3 is 1. The minimum Gasteiger partial charge on any atom is -0.496 e. The van der Waals surface area contributed by atoms with Gasteiger partial charge in [0, 0.05) is 30.9 Å². The number of anilines is 1. The largest absolute Gasteiger partial charge is 0.496 e. The van der Waals surface area contributed by atoms with Crippen LogP contribution in [0.5, 0.6) is 5.75 Å². The molecule has 112 valence electrons. The predicted molar refractivity (Wildman–Crippen MR) is 84.1 cm³/mol. The Morgan fingerprint density at radius 1 is 1.24 bits per heavy atom. The zero-order valence-corrected chi connectivity index (χ0v) is 12.6. The molecule has 0 fully saturated rings. The predicted octanol–water partition coefficient (Wildman–Crippen LogP) is 3.49. The smallest absolute Gasteiger partial charge is 0.123 e. The van der Waals surface area contributed by atoms with E-state index in [2.05, 4.69) is 4.90 Å². The molecule has 3 nitrogen and oxygen atoms in total. The highest BCUT2D eigenvalue weighted by atomic mass is 19.1. The molecule has 0 aromatic heterocycles. The molecule has 2 aromatic rings. The van der Waals surface area contributed by atoms with Gasteiger partial charge in [-0.3, -0.25) is 0 Å². The van der Waals surface area contributed by atoms with Crippen molar-refractivity contribution in [1.82, 2.24) is 0 Å². The lowest BCUT2D eigenvalue weighted by atomic mass is 10.0. The van der Waals surface area contributed by atoms with Crippen LogP contribution in [0.2, 0.25) is 0 Å². The second-order valence-corrected chi connectivity index (χ2v) is 5.16. The van der Waals surface area contributed by atoms with Gasteiger partial charge in [0.05, 0.1) is 7.11 Å². The number of para-hydroxylation sites is 1. The molecule has 4 heteroatoms. The number of hydrogen-bond donors (Lipinski definition) is 1. The third kappa shape index (κ3) is 3.52. The fraction of sp³-hybridized carbons (Fsp3) is 0.294. The van der Waals surface area contributed by atoms with Crippen molar-refractivity contribution in [2.75, 3.05) is 19.1 Å². The number of nitrogens with zero attached hydrogens (tertiary/aromatic N) is 1. The molecule has 0 aliphatic rings. The summed E-state index contributed by atoms with van der Waals surface area (Å²) in [5.41, 5.74) is 8.75. The van der Waals surface area contributed by atoms with Gasteiger partial charge >= 0.3 is 0 Å². The fourth-order valence-corrected chi connectivity index (χ4v) is 2.41. The highest BCUT2D eigenvalue weighted by molar-refractivity contribution is 5.55. The van der Waals surface area contributed by atoms with Gasteiger partial charge in [-0.1, -0.05) is 18.2 Å². The first-order valence-electron chi connectivity index (χ1n) is 6.91. The molecule has 0 unspecified atom stereocenters. The van der Waals surface area contributed by atoms with Crippen molar-refractivity contribution in [2.24, 2.45) is 5.73 Å². The van der Waals surface area contributed by atoms with E-state index in [4.69, 9.17) is 10.5 Å². The van der Waals surface area contributed by atoms with Gasteiger partial charge < -0.3 is 15.4 Å². The van der Waals surface area contributed by atoms with E-state index >= 15 is 0 Å². The number of ether oxygens (including phenoxy) is 1. The van der Waals surface area contributed by atoms with Crippen LogP contribution in [0, 0.1) is 5.82 Å². The van der Waals surface area contributed by atoms with E-state index in [-0.39, 0.29) is 11.9 Å². The zero-order chi connectivity index (χ0) is 15.4. The molecule has 0 bridgehead atoms. The third-order valence-electron chi connectivity index (χ3n) is 3.49. The van der Waals surface area contributed by atoms with Gasteiger partial charge in [-0.2, -0.15) is 0 Å². The van der Waals surface area contributed by atoms with Crippen molar-refractivity contribution in [1.29, 1.82) is 0 Å². The molecule has 0 amide bonds. The number of rotatable bonds is 5. The molecule has 0 saturated heterocycles. The Hall–Kier alpha value is -2.07. The standard InChI is InChI=1S/C17H21FN2O/c1-12(19)15-10-14(18)8-9-16(15)20(2)11-13-6-4-5-7-17(13)21-3/h4-10,12H,11,19H2,1-3H3/t12-/m1/s1. The summed E-state index contributed by atoms with van der Waals surface area (Å²) in [4.78, 5) is 2.05. The summed E-state index contributed by atoms with van der Waals surface area (Å²) >= 11 is 0. The molecule has 2 N–H and O–H groups in total. The van der Waals surface area contributed by atoms with Gasteiger partial charge in [0.1, 0.15) is 11.6 Å². The van der Waals surface area contributed by atoms with Gasteiger partial charge in [0.25, 0.3) is 0 Å². The van der Waals surface area contributed by atoms with Crippen molar-refractivity contribution >= 4 is 5.69 Å². The Kier molecular flexibility index (Phi) is 4.81. The summed E-state index contributed by atoms with van der Waals surface area (Å²) < 4.78 is 18.8. The molecule has 0 spiro atoms. The summed E-state index contributed by atoms with van der Waals surface area (Å²) in [6.07, 6.45) is 0. The van der Waals surface area contributed by atoms with Crippen molar-refractivity contribution in [3.63, 3.8) is 0 Å². The Labute approximate surface area is 125 Å². The monoisotopic (exact) mass is 288 g/mol. The molecule has 0 aliphatic heterocycles. The third-order valence-corrected chi connectivity index (χ3v) is 3.49. The Morgan fingerprint density at radius 3 is 2.62 bits per heavy atom. The molecule has 0 radical (unpaired) electrons. The second-order valence-electron chi connectivity index (χ2n) is 5.16. The van der Waals surface area contributed by atoms with Crippen molar-refractivity contribution in [2.45, 2.75) is 19.5 Å². The van der Waals surface area contributed by atoms with E-state index in [1.807, 2.05) is 38.2 Å². The van der Waals surface area contributed by atoms with E-state index < -0.39 is 0 Å². The zero-order valence-electron chi connectivity index (χ0n) is 12.6. The van der Waals surface area contributed by atoms with Crippen LogP contribution in [-0.2, 0) is 6.54 Å². The lowest BCUT2D eigenvalue weighted by Gasteiger charge is -2.25. The summed E-state index contributed by atoms with van der Waals surface area (Å²) in [5, 5.41) is 0. The quantitative estimate of drug-likeness (QED) is 0.915. The van der Waals surface area contributed by atoms with Gasteiger partial charge in [0.2, 0.25) is 0 Å². The van der Waals surface area contributed by atoms with Gasteiger partial charge in [-0.05, 0) is 36.8 Å². The number of halogens is 1. The summed E-state index contributed by atoms with van der Waals surface area (Å²) in [7, 11) is 3.62. The molecular formula is C17H21FN2O. The summed E-state index contributed by atoms with van der Waals surface area (Å²) in [6.45, 7) is 2.52. The SMILES string of the molecule is COc1ccccc1CN(C)c1ccc(F)cc1[C@@H](C)N. The summed E-state index contributed by atoms with van der Waals surface area (Å²) in [6, 6.07) is 12.4. The van der Waals surface area contributed by atoms with Gasteiger partial charge in [-0.15, -0.1) is 0 Å². The minimum absolute atomic E-state index is 0.226. The van der Waals surface area contributed by atoms with E-state index in [0.29, 0.717) is 6.54 Å². The molecule has 0 saturated carbocycles. The van der Waals surface area contributed by atoms with Crippen LogP contribution in [0.1, 0.15) is 24.1 Å². The Bertz CT molecular complexity index is 613. The van der Waals surface area contributed by atoms with Gasteiger partial charge in [0.15, 0.2) is 0 Å². The Morgan fingerprint density at radius 2 is 1.95 bits per heavy atom. The number of hydrogen-bond acceptors (Lipinski definition) is 3. The van der Waals surface area contributed by atoms with Crippen LogP contribution in [0.3, 0.4) is 0 Å². The van der Waals surface area contributed by atoms with Crippen LogP contribution in [0.4, 0.5) is 10.1 Å². The van der Waals surface area contributed by atoms with Crippen LogP contribution in [0.25, 0.3) is 0 Å². The van der Waals surface area contributed by atoms with E-state index in [9.17, 15) is 4.39 Å². The maximum Gasteiger partial charge on any atom is 0.123 e. The molecular weight excluding hydrogens is 267 g/mol. The highest BCUT2D eigenvalue weighted by Crippen LogP contribution is 2.28. The molecule has 0 heterocycles. The first-order chi connectivity index (χ1) is 10.0. The Balaban J connectivity index is 2.30. The van der Waals surface area contributed by atoms with Crippen LogP contribution < -0.4 is 15.4 Å². The lowest BCUT2D eigenvalue weighted by Crippen LogP contribution is -2.20. The van der Waals surface area contributed by atoms with E-state index in [1.54, 1.807) is 13.2 Å². The van der Waals surface area contributed by atoms with Gasteiger partial charge in [-0.25, -0.2) is 4.39 Å². The van der Waals surface area contributed by atoms with Crippen molar-refractivity contribution < 1.29 is 9.13 Å². The van der Waals surface area contributed by atoms with E-state index in [0.717, 1.165) is 22.6 Å². The first kappa shape index (κ1) is 15.3. The minimum atomic E-state index is -0.267. The average Bonchev–Trinajstić information content (AvgIpc) is 2.47. The number of benzene rings is 2. The summed E-state index contributed by atoms with van der Waals surface area (Å²) in [5.74, 6) is 0.575. The van der Waals surface area contributed by atoms with Crippen LogP contribution in [-0.4, -0.2) is 14.2 Å². The van der Waals surface area contributed by atoms with Crippen molar-refractivity contribution in [3.05, 3.63) is 59.4 Å². The van der Waals surface area contributed by atoms with Crippen LogP contribution in [0.15, 0.2) is 42.5 Å². The normalized spacial score (nSPS) is 12.0. The van der Waals surface area contributed by atoms with E-state index in [1.165, 1.54) is 12.1 Å². The molecule has 1 atom stereocenters. The fourth-order valence-electron chi connectivity index (χ4n) is 2.41. The van der Waals surface area contributed by atoms with Crippen molar-refractivity contribution in [3.8, 4) is 5.75 Å². The molecule has 2 aromatic carbocycles. The first-order valence-corrected chi connectivity index (χ1v) is 6.91. The highest BCUT2D eigenvalue weighted by Gasteiger charge is 2.13.